The predicted octanol–water partition coefficient (Wildman–Crippen LogP) is 1.19. The van der Waals surface area contributed by atoms with Crippen molar-refractivity contribution in [3.63, 3.8) is 0 Å². The van der Waals surface area contributed by atoms with E-state index in [0.29, 0.717) is 12.2 Å². The van der Waals surface area contributed by atoms with E-state index >= 15 is 0 Å². The van der Waals surface area contributed by atoms with E-state index in [9.17, 15) is 9.59 Å². The number of para-hydroxylation sites is 1. The van der Waals surface area contributed by atoms with Crippen LogP contribution in [0, 0.1) is 0 Å². The Balaban J connectivity index is 1.96. The fraction of sp³-hybridized carbons (Fsp3) is 0.267. The van der Waals surface area contributed by atoms with Gasteiger partial charge in [-0.25, -0.2) is 9.78 Å². The van der Waals surface area contributed by atoms with Crippen molar-refractivity contribution < 1.29 is 14.7 Å². The van der Waals surface area contributed by atoms with Gasteiger partial charge in [0.1, 0.15) is 0 Å². The summed E-state index contributed by atoms with van der Waals surface area (Å²) in [5.74, 6) is -1.34. The van der Waals surface area contributed by atoms with E-state index in [-0.39, 0.29) is 18.0 Å². The molecule has 0 aliphatic carbocycles. The van der Waals surface area contributed by atoms with Crippen LogP contribution in [-0.4, -0.2) is 45.0 Å². The SMILES string of the molecule is CN(CC(=O)Nc1ccccc1C(=O)O)Cc1cncn1C. The lowest BCUT2D eigenvalue weighted by molar-refractivity contribution is -0.117. The standard InChI is InChI=1S/C15H18N4O3/c1-18(8-11-7-16-10-19(11)2)9-14(20)17-13-6-4-3-5-12(13)15(21)22/h3-7,10H,8-9H2,1-2H3,(H,17,20)(H,21,22). The summed E-state index contributed by atoms with van der Waals surface area (Å²) in [4.78, 5) is 29.0. The van der Waals surface area contributed by atoms with Crippen LogP contribution in [0.5, 0.6) is 0 Å². The number of carbonyl (C=O) groups is 2. The smallest absolute Gasteiger partial charge is 0.337 e. The molecule has 116 valence electrons. The Morgan fingerprint density at radius 2 is 2.09 bits per heavy atom. The van der Waals surface area contributed by atoms with Gasteiger partial charge in [0.05, 0.1) is 29.8 Å². The summed E-state index contributed by atoms with van der Waals surface area (Å²) in [6, 6.07) is 6.33. The number of aromatic carboxylic acids is 1. The van der Waals surface area contributed by atoms with Gasteiger partial charge in [-0.1, -0.05) is 12.1 Å². The largest absolute Gasteiger partial charge is 0.478 e. The number of imidazole rings is 1. The third-order valence-electron chi connectivity index (χ3n) is 3.19. The van der Waals surface area contributed by atoms with Gasteiger partial charge < -0.3 is 15.0 Å². The molecule has 1 aromatic carbocycles. The van der Waals surface area contributed by atoms with Crippen molar-refractivity contribution in [3.05, 3.63) is 48.0 Å². The zero-order valence-electron chi connectivity index (χ0n) is 12.5. The number of hydrogen-bond acceptors (Lipinski definition) is 4. The number of benzene rings is 1. The molecule has 0 aliphatic rings. The summed E-state index contributed by atoms with van der Waals surface area (Å²) < 4.78 is 1.88. The lowest BCUT2D eigenvalue weighted by Gasteiger charge is -2.16. The van der Waals surface area contributed by atoms with Crippen LogP contribution >= 0.6 is 0 Å². The molecule has 2 aromatic rings. The van der Waals surface area contributed by atoms with Gasteiger partial charge in [0.15, 0.2) is 0 Å². The Kier molecular flexibility index (Phi) is 4.90. The van der Waals surface area contributed by atoms with Gasteiger partial charge in [0.2, 0.25) is 5.91 Å². The number of likely N-dealkylation sites (N-methyl/N-ethyl adjacent to an activating group) is 1. The Morgan fingerprint density at radius 3 is 2.73 bits per heavy atom. The highest BCUT2D eigenvalue weighted by Gasteiger charge is 2.13. The Labute approximate surface area is 128 Å². The molecule has 0 fully saturated rings. The number of aryl methyl sites for hydroxylation is 1. The van der Waals surface area contributed by atoms with Gasteiger partial charge in [-0.3, -0.25) is 9.69 Å². The van der Waals surface area contributed by atoms with E-state index in [1.54, 1.807) is 30.7 Å². The van der Waals surface area contributed by atoms with Crippen LogP contribution in [0.4, 0.5) is 5.69 Å². The molecule has 1 amide bonds. The first-order valence-electron chi connectivity index (χ1n) is 6.73. The van der Waals surface area contributed by atoms with Crippen molar-refractivity contribution in [3.8, 4) is 0 Å². The maximum absolute atomic E-state index is 12.0. The van der Waals surface area contributed by atoms with Crippen LogP contribution in [0.1, 0.15) is 16.1 Å². The Morgan fingerprint density at radius 1 is 1.36 bits per heavy atom. The quantitative estimate of drug-likeness (QED) is 0.837. The molecule has 0 bridgehead atoms. The molecule has 0 aliphatic heterocycles. The second-order valence-electron chi connectivity index (χ2n) is 5.07. The van der Waals surface area contributed by atoms with Crippen LogP contribution in [0.15, 0.2) is 36.8 Å². The molecular weight excluding hydrogens is 284 g/mol. The number of hydrogen-bond donors (Lipinski definition) is 2. The van der Waals surface area contributed by atoms with E-state index in [2.05, 4.69) is 10.3 Å². The maximum Gasteiger partial charge on any atom is 0.337 e. The second kappa shape index (κ2) is 6.86. The van der Waals surface area contributed by atoms with Crippen LogP contribution < -0.4 is 5.32 Å². The van der Waals surface area contributed by atoms with Crippen molar-refractivity contribution in [1.82, 2.24) is 14.5 Å². The fourth-order valence-electron chi connectivity index (χ4n) is 2.08. The van der Waals surface area contributed by atoms with Crippen molar-refractivity contribution in [1.29, 1.82) is 0 Å². The first-order valence-corrected chi connectivity index (χ1v) is 6.73. The highest BCUT2D eigenvalue weighted by atomic mass is 16.4. The van der Waals surface area contributed by atoms with Gasteiger partial charge in [0.25, 0.3) is 0 Å². The predicted molar refractivity (Wildman–Crippen MR) is 81.6 cm³/mol. The molecule has 0 atom stereocenters. The minimum Gasteiger partial charge on any atom is -0.478 e. The molecular formula is C15H18N4O3. The number of nitrogens with zero attached hydrogens (tertiary/aromatic N) is 3. The zero-order valence-corrected chi connectivity index (χ0v) is 12.5. The minimum absolute atomic E-state index is 0.0742. The Hall–Kier alpha value is -2.67. The van der Waals surface area contributed by atoms with Crippen LogP contribution in [0.3, 0.4) is 0 Å². The summed E-state index contributed by atoms with van der Waals surface area (Å²) in [6.45, 7) is 0.726. The first kappa shape index (κ1) is 15.7. The monoisotopic (exact) mass is 302 g/mol. The van der Waals surface area contributed by atoms with Crippen LogP contribution in [0.25, 0.3) is 0 Å². The Bertz CT molecular complexity index is 681. The number of nitrogens with one attached hydrogen (secondary N) is 1. The van der Waals surface area contributed by atoms with Gasteiger partial charge >= 0.3 is 5.97 Å². The molecule has 7 heteroatoms. The molecule has 0 saturated heterocycles. The third-order valence-corrected chi connectivity index (χ3v) is 3.19. The number of carboxylic acid groups (broad SMARTS) is 1. The van der Waals surface area contributed by atoms with Gasteiger partial charge in [-0.05, 0) is 19.2 Å². The van der Waals surface area contributed by atoms with Crippen LogP contribution in [-0.2, 0) is 18.4 Å². The number of carbonyl (C=O) groups excluding carboxylic acids is 1. The molecule has 2 rings (SSSR count). The molecule has 0 saturated carbocycles. The highest BCUT2D eigenvalue weighted by molar-refractivity contribution is 6.01. The fourth-order valence-corrected chi connectivity index (χ4v) is 2.08. The molecule has 1 aromatic heterocycles. The molecule has 1 heterocycles. The lowest BCUT2D eigenvalue weighted by Crippen LogP contribution is -2.30. The molecule has 0 radical (unpaired) electrons. The van der Waals surface area contributed by atoms with Gasteiger partial charge in [-0.15, -0.1) is 0 Å². The molecule has 22 heavy (non-hydrogen) atoms. The average molecular weight is 302 g/mol. The van der Waals surface area contributed by atoms with E-state index in [1.165, 1.54) is 6.07 Å². The summed E-state index contributed by atoms with van der Waals surface area (Å²) in [5.41, 5.74) is 1.36. The number of carboxylic acids is 1. The van der Waals surface area contributed by atoms with E-state index < -0.39 is 5.97 Å². The van der Waals surface area contributed by atoms with E-state index in [4.69, 9.17) is 5.11 Å². The van der Waals surface area contributed by atoms with E-state index in [0.717, 1.165) is 5.69 Å². The summed E-state index contributed by atoms with van der Waals surface area (Å²) in [7, 11) is 3.70. The van der Waals surface area contributed by atoms with Gasteiger partial charge in [-0.2, -0.15) is 0 Å². The highest BCUT2D eigenvalue weighted by Crippen LogP contribution is 2.14. The maximum atomic E-state index is 12.0. The van der Waals surface area contributed by atoms with Gasteiger partial charge in [0, 0.05) is 19.8 Å². The summed E-state index contributed by atoms with van der Waals surface area (Å²) in [6.07, 6.45) is 3.44. The number of anilines is 1. The molecule has 7 nitrogen and oxygen atoms in total. The van der Waals surface area contributed by atoms with Crippen molar-refractivity contribution in [2.75, 3.05) is 18.9 Å². The molecule has 0 spiro atoms. The summed E-state index contributed by atoms with van der Waals surface area (Å²) in [5, 5.41) is 11.7. The van der Waals surface area contributed by atoms with Crippen molar-refractivity contribution >= 4 is 17.6 Å². The van der Waals surface area contributed by atoms with E-state index in [1.807, 2.05) is 23.6 Å². The molecule has 2 N–H and O–H groups in total. The third kappa shape index (κ3) is 3.92. The first-order chi connectivity index (χ1) is 10.5. The number of aromatic nitrogens is 2. The van der Waals surface area contributed by atoms with Crippen molar-refractivity contribution in [2.24, 2.45) is 7.05 Å². The summed E-state index contributed by atoms with van der Waals surface area (Å²) >= 11 is 0. The average Bonchev–Trinajstić information content (AvgIpc) is 2.84. The van der Waals surface area contributed by atoms with Crippen molar-refractivity contribution in [2.45, 2.75) is 6.54 Å². The number of amides is 1. The second-order valence-corrected chi connectivity index (χ2v) is 5.07. The minimum atomic E-state index is -1.07. The topological polar surface area (TPSA) is 87.5 Å². The zero-order chi connectivity index (χ0) is 16.1. The normalized spacial score (nSPS) is 10.7. The van der Waals surface area contributed by atoms with Crippen LogP contribution in [0.2, 0.25) is 0 Å². The number of rotatable bonds is 6. The lowest BCUT2D eigenvalue weighted by atomic mass is 10.2. The molecule has 0 unspecified atom stereocenters.